The fourth-order valence-electron chi connectivity index (χ4n) is 1.53. The Bertz CT molecular complexity index is 551. The van der Waals surface area contributed by atoms with Gasteiger partial charge in [-0.1, -0.05) is 48.6 Å². The standard InChI is InChI=1S/C14H17N3OS/c1-9(10(2)15)13(18)17-14-16-8-12(19-14)11-6-4-3-5-7-11/h3-10H,15H2,1-2H3,(H,16,17,18). The van der Waals surface area contributed by atoms with Crippen LogP contribution in [-0.4, -0.2) is 16.9 Å². The first-order chi connectivity index (χ1) is 9.08. The van der Waals surface area contributed by atoms with E-state index in [1.165, 1.54) is 11.3 Å². The Kier molecular flexibility index (Phi) is 4.29. The second-order valence-corrected chi connectivity index (χ2v) is 5.56. The van der Waals surface area contributed by atoms with E-state index in [0.717, 1.165) is 10.4 Å². The van der Waals surface area contributed by atoms with Crippen LogP contribution in [0.25, 0.3) is 10.4 Å². The van der Waals surface area contributed by atoms with Gasteiger partial charge in [-0.2, -0.15) is 0 Å². The van der Waals surface area contributed by atoms with Crippen molar-refractivity contribution in [3.63, 3.8) is 0 Å². The molecule has 0 bridgehead atoms. The first-order valence-electron chi connectivity index (χ1n) is 6.15. The van der Waals surface area contributed by atoms with E-state index in [1.54, 1.807) is 6.20 Å². The summed E-state index contributed by atoms with van der Waals surface area (Å²) in [4.78, 5) is 17.1. The summed E-state index contributed by atoms with van der Waals surface area (Å²) in [6.45, 7) is 3.63. The maximum Gasteiger partial charge on any atom is 0.230 e. The number of carbonyl (C=O) groups is 1. The van der Waals surface area contributed by atoms with Gasteiger partial charge in [0.15, 0.2) is 5.13 Å². The van der Waals surface area contributed by atoms with Crippen molar-refractivity contribution in [3.05, 3.63) is 36.5 Å². The van der Waals surface area contributed by atoms with E-state index in [9.17, 15) is 4.79 Å². The molecule has 0 radical (unpaired) electrons. The first kappa shape index (κ1) is 13.7. The van der Waals surface area contributed by atoms with Gasteiger partial charge in [0, 0.05) is 12.2 Å². The average Bonchev–Trinajstić information content (AvgIpc) is 2.87. The maximum atomic E-state index is 11.9. The molecule has 0 fully saturated rings. The van der Waals surface area contributed by atoms with Crippen molar-refractivity contribution in [1.29, 1.82) is 0 Å². The van der Waals surface area contributed by atoms with Gasteiger partial charge in [0.2, 0.25) is 5.91 Å². The number of aromatic nitrogens is 1. The molecule has 2 rings (SSSR count). The zero-order chi connectivity index (χ0) is 13.8. The number of nitrogens with one attached hydrogen (secondary N) is 1. The van der Waals surface area contributed by atoms with Gasteiger partial charge in [0.1, 0.15) is 0 Å². The van der Waals surface area contributed by atoms with Crippen LogP contribution in [0.3, 0.4) is 0 Å². The summed E-state index contributed by atoms with van der Waals surface area (Å²) >= 11 is 1.46. The van der Waals surface area contributed by atoms with Crippen molar-refractivity contribution in [1.82, 2.24) is 4.98 Å². The van der Waals surface area contributed by atoms with Crippen molar-refractivity contribution in [2.45, 2.75) is 19.9 Å². The molecule has 19 heavy (non-hydrogen) atoms. The summed E-state index contributed by atoms with van der Waals surface area (Å²) in [6.07, 6.45) is 1.77. The third-order valence-electron chi connectivity index (χ3n) is 3.00. The van der Waals surface area contributed by atoms with Gasteiger partial charge in [-0.25, -0.2) is 4.98 Å². The molecule has 1 amide bonds. The van der Waals surface area contributed by atoms with Gasteiger partial charge in [0.25, 0.3) is 0 Å². The van der Waals surface area contributed by atoms with E-state index < -0.39 is 0 Å². The Morgan fingerprint density at radius 1 is 1.32 bits per heavy atom. The van der Waals surface area contributed by atoms with E-state index in [1.807, 2.05) is 44.2 Å². The van der Waals surface area contributed by atoms with E-state index in [0.29, 0.717) is 5.13 Å². The van der Waals surface area contributed by atoms with Crippen molar-refractivity contribution in [2.24, 2.45) is 11.7 Å². The van der Waals surface area contributed by atoms with E-state index >= 15 is 0 Å². The number of anilines is 1. The summed E-state index contributed by atoms with van der Waals surface area (Å²) in [5.74, 6) is -0.326. The van der Waals surface area contributed by atoms with Crippen molar-refractivity contribution >= 4 is 22.4 Å². The smallest absolute Gasteiger partial charge is 0.230 e. The van der Waals surface area contributed by atoms with Crippen molar-refractivity contribution in [2.75, 3.05) is 5.32 Å². The second-order valence-electron chi connectivity index (χ2n) is 4.53. The van der Waals surface area contributed by atoms with Gasteiger partial charge in [-0.15, -0.1) is 0 Å². The van der Waals surface area contributed by atoms with Crippen LogP contribution in [0.15, 0.2) is 36.5 Å². The number of hydrogen-bond donors (Lipinski definition) is 2. The molecule has 5 heteroatoms. The molecule has 0 spiro atoms. The fourth-order valence-corrected chi connectivity index (χ4v) is 2.35. The molecule has 2 aromatic rings. The lowest BCUT2D eigenvalue weighted by Crippen LogP contribution is -2.34. The zero-order valence-corrected chi connectivity index (χ0v) is 11.8. The number of nitrogens with zero attached hydrogens (tertiary/aromatic N) is 1. The number of amides is 1. The summed E-state index contributed by atoms with van der Waals surface area (Å²) in [5, 5.41) is 3.41. The Morgan fingerprint density at radius 3 is 2.63 bits per heavy atom. The maximum absolute atomic E-state index is 11.9. The van der Waals surface area contributed by atoms with Gasteiger partial charge < -0.3 is 11.1 Å². The van der Waals surface area contributed by atoms with Crippen LogP contribution in [0.4, 0.5) is 5.13 Å². The molecule has 0 aliphatic rings. The quantitative estimate of drug-likeness (QED) is 0.901. The number of hydrogen-bond acceptors (Lipinski definition) is 4. The monoisotopic (exact) mass is 275 g/mol. The Labute approximate surface area is 116 Å². The predicted octanol–water partition coefficient (Wildman–Crippen LogP) is 2.73. The largest absolute Gasteiger partial charge is 0.327 e. The molecule has 1 aromatic carbocycles. The zero-order valence-electron chi connectivity index (χ0n) is 11.0. The Hall–Kier alpha value is -1.72. The van der Waals surface area contributed by atoms with Crippen LogP contribution in [-0.2, 0) is 4.79 Å². The van der Waals surface area contributed by atoms with Crippen LogP contribution in [0, 0.1) is 5.92 Å². The molecule has 1 heterocycles. The summed E-state index contributed by atoms with van der Waals surface area (Å²) in [7, 11) is 0. The lowest BCUT2D eigenvalue weighted by molar-refractivity contribution is -0.119. The van der Waals surface area contributed by atoms with Gasteiger partial charge in [-0.3, -0.25) is 4.79 Å². The van der Waals surface area contributed by atoms with Crippen molar-refractivity contribution < 1.29 is 4.79 Å². The van der Waals surface area contributed by atoms with Crippen LogP contribution in [0.2, 0.25) is 0 Å². The summed E-state index contributed by atoms with van der Waals surface area (Å²) in [6, 6.07) is 9.79. The molecule has 100 valence electrons. The average molecular weight is 275 g/mol. The number of benzene rings is 1. The molecule has 3 N–H and O–H groups in total. The molecule has 0 aliphatic heterocycles. The minimum atomic E-state index is -0.232. The lowest BCUT2D eigenvalue weighted by atomic mass is 10.0. The van der Waals surface area contributed by atoms with E-state index in [-0.39, 0.29) is 17.9 Å². The van der Waals surface area contributed by atoms with Gasteiger partial charge in [-0.05, 0) is 12.5 Å². The number of rotatable bonds is 4. The highest BCUT2D eigenvalue weighted by atomic mass is 32.1. The van der Waals surface area contributed by atoms with Crippen LogP contribution in [0.1, 0.15) is 13.8 Å². The molecule has 0 aliphatic carbocycles. The van der Waals surface area contributed by atoms with Crippen LogP contribution in [0.5, 0.6) is 0 Å². The minimum absolute atomic E-state index is 0.0936. The highest BCUT2D eigenvalue weighted by Crippen LogP contribution is 2.28. The normalized spacial score (nSPS) is 13.8. The molecule has 2 unspecified atom stereocenters. The molecule has 0 saturated heterocycles. The second kappa shape index (κ2) is 5.95. The number of carbonyl (C=O) groups excluding carboxylic acids is 1. The van der Waals surface area contributed by atoms with Crippen molar-refractivity contribution in [3.8, 4) is 10.4 Å². The third-order valence-corrected chi connectivity index (χ3v) is 3.96. The van der Waals surface area contributed by atoms with Crippen LogP contribution < -0.4 is 11.1 Å². The highest BCUT2D eigenvalue weighted by Gasteiger charge is 2.18. The fraction of sp³-hybridized carbons (Fsp3) is 0.286. The summed E-state index contributed by atoms with van der Waals surface area (Å²) < 4.78 is 0. The van der Waals surface area contributed by atoms with E-state index in [2.05, 4.69) is 10.3 Å². The SMILES string of the molecule is CC(N)C(C)C(=O)Nc1ncc(-c2ccccc2)s1. The molecule has 1 aromatic heterocycles. The molecule has 4 nitrogen and oxygen atoms in total. The van der Waals surface area contributed by atoms with Gasteiger partial charge >= 0.3 is 0 Å². The Morgan fingerprint density at radius 2 is 2.00 bits per heavy atom. The first-order valence-corrected chi connectivity index (χ1v) is 6.97. The number of nitrogens with two attached hydrogens (primary N) is 1. The lowest BCUT2D eigenvalue weighted by Gasteiger charge is -2.13. The topological polar surface area (TPSA) is 68.0 Å². The molecular formula is C14H17N3OS. The highest BCUT2D eigenvalue weighted by molar-refractivity contribution is 7.19. The molecule has 2 atom stereocenters. The number of thiazole rings is 1. The molecular weight excluding hydrogens is 258 g/mol. The van der Waals surface area contributed by atoms with E-state index in [4.69, 9.17) is 5.73 Å². The predicted molar refractivity (Wildman–Crippen MR) is 79.0 cm³/mol. The summed E-state index contributed by atoms with van der Waals surface area (Å²) in [5.41, 5.74) is 6.81. The van der Waals surface area contributed by atoms with Crippen LogP contribution >= 0.6 is 11.3 Å². The third kappa shape index (κ3) is 3.39. The van der Waals surface area contributed by atoms with Gasteiger partial charge in [0.05, 0.1) is 10.8 Å². The molecule has 0 saturated carbocycles. The Balaban J connectivity index is 2.08. The minimum Gasteiger partial charge on any atom is -0.327 e.